The van der Waals surface area contributed by atoms with Crippen molar-refractivity contribution in [1.82, 2.24) is 9.97 Å². The molecule has 2 heterocycles. The Morgan fingerprint density at radius 3 is 2.70 bits per heavy atom. The molecule has 1 saturated carbocycles. The number of aryl methyl sites for hydroxylation is 1. The number of aromatic nitrogens is 2. The normalized spacial score (nSPS) is 26.4. The molecule has 20 heavy (non-hydrogen) atoms. The van der Waals surface area contributed by atoms with Gasteiger partial charge in [-0.25, -0.2) is 9.97 Å². The van der Waals surface area contributed by atoms with E-state index in [1.54, 1.807) is 0 Å². The topological polar surface area (TPSA) is 29.0 Å². The van der Waals surface area contributed by atoms with Gasteiger partial charge in [-0.2, -0.15) is 0 Å². The van der Waals surface area contributed by atoms with Gasteiger partial charge in [-0.05, 0) is 38.5 Å². The molecule has 1 aliphatic heterocycles. The van der Waals surface area contributed by atoms with Crippen molar-refractivity contribution in [2.45, 2.75) is 64.8 Å². The van der Waals surface area contributed by atoms with Gasteiger partial charge in [0.25, 0.3) is 0 Å². The molecule has 0 radical (unpaired) electrons. The minimum Gasteiger partial charge on any atom is -0.353 e. The van der Waals surface area contributed by atoms with E-state index < -0.39 is 0 Å². The highest BCUT2D eigenvalue weighted by Crippen LogP contribution is 2.38. The zero-order chi connectivity index (χ0) is 14.1. The fourth-order valence-corrected chi connectivity index (χ4v) is 4.03. The average molecular weight is 294 g/mol. The van der Waals surface area contributed by atoms with Crippen LogP contribution in [0.15, 0.2) is 0 Å². The minimum absolute atomic E-state index is 0.629. The number of rotatable bonds is 2. The van der Waals surface area contributed by atoms with Gasteiger partial charge < -0.3 is 4.90 Å². The van der Waals surface area contributed by atoms with E-state index >= 15 is 0 Å². The van der Waals surface area contributed by atoms with Crippen LogP contribution in [-0.4, -0.2) is 22.6 Å². The van der Waals surface area contributed by atoms with E-state index in [2.05, 4.69) is 23.7 Å². The molecule has 4 heteroatoms. The monoisotopic (exact) mass is 293 g/mol. The number of halogens is 1. The van der Waals surface area contributed by atoms with Crippen molar-refractivity contribution >= 4 is 17.4 Å². The molecule has 0 unspecified atom stereocenters. The van der Waals surface area contributed by atoms with Crippen LogP contribution in [0, 0.1) is 12.8 Å². The SMILES string of the molecule is CCc1nc(Cl)c(C)c(N2CCC[C@H]3CCCC[C@H]32)n1. The molecule has 1 aliphatic carbocycles. The van der Waals surface area contributed by atoms with Gasteiger partial charge in [0.15, 0.2) is 0 Å². The first-order valence-electron chi connectivity index (χ1n) is 8.00. The first-order chi connectivity index (χ1) is 9.70. The summed E-state index contributed by atoms with van der Waals surface area (Å²) in [6, 6.07) is 0.673. The highest BCUT2D eigenvalue weighted by molar-refractivity contribution is 6.30. The second kappa shape index (κ2) is 5.88. The average Bonchev–Trinajstić information content (AvgIpc) is 2.49. The standard InChI is InChI=1S/C16H24ClN3/c1-3-14-18-15(17)11(2)16(19-14)20-10-6-8-12-7-4-5-9-13(12)20/h12-13H,3-10H2,1-2H3/t12-,13-/m1/s1. The third-order valence-corrected chi connectivity index (χ3v) is 5.31. The molecule has 0 aromatic carbocycles. The van der Waals surface area contributed by atoms with E-state index in [-0.39, 0.29) is 0 Å². The summed E-state index contributed by atoms with van der Waals surface area (Å²) in [5, 5.41) is 0.629. The van der Waals surface area contributed by atoms with Crippen molar-refractivity contribution in [2.75, 3.05) is 11.4 Å². The molecule has 0 amide bonds. The van der Waals surface area contributed by atoms with Gasteiger partial charge in [0.1, 0.15) is 16.8 Å². The zero-order valence-electron chi connectivity index (χ0n) is 12.5. The first-order valence-corrected chi connectivity index (χ1v) is 8.38. The van der Waals surface area contributed by atoms with Crippen LogP contribution in [0.4, 0.5) is 5.82 Å². The van der Waals surface area contributed by atoms with Gasteiger partial charge in [0.2, 0.25) is 0 Å². The Morgan fingerprint density at radius 2 is 1.90 bits per heavy atom. The van der Waals surface area contributed by atoms with Crippen LogP contribution in [0.3, 0.4) is 0 Å². The molecular formula is C16H24ClN3. The molecule has 2 aliphatic rings. The van der Waals surface area contributed by atoms with Crippen LogP contribution in [0.1, 0.15) is 56.8 Å². The van der Waals surface area contributed by atoms with Crippen LogP contribution in [-0.2, 0) is 6.42 Å². The fourth-order valence-electron chi connectivity index (χ4n) is 3.85. The molecule has 0 N–H and O–H groups in total. The van der Waals surface area contributed by atoms with E-state index in [0.717, 1.165) is 36.1 Å². The lowest BCUT2D eigenvalue weighted by atomic mass is 9.78. The smallest absolute Gasteiger partial charge is 0.137 e. The van der Waals surface area contributed by atoms with Gasteiger partial charge >= 0.3 is 0 Å². The van der Waals surface area contributed by atoms with Crippen molar-refractivity contribution in [1.29, 1.82) is 0 Å². The van der Waals surface area contributed by atoms with Crippen LogP contribution in [0.25, 0.3) is 0 Å². The van der Waals surface area contributed by atoms with Crippen molar-refractivity contribution in [2.24, 2.45) is 5.92 Å². The molecule has 1 aromatic heterocycles. The van der Waals surface area contributed by atoms with Crippen LogP contribution >= 0.6 is 11.6 Å². The second-order valence-electron chi connectivity index (χ2n) is 6.18. The Kier molecular flexibility index (Phi) is 4.16. The van der Waals surface area contributed by atoms with Crippen LogP contribution in [0.5, 0.6) is 0 Å². The number of anilines is 1. The number of piperidine rings is 1. The Balaban J connectivity index is 1.96. The maximum Gasteiger partial charge on any atom is 0.137 e. The Hall–Kier alpha value is -0.830. The molecule has 110 valence electrons. The summed E-state index contributed by atoms with van der Waals surface area (Å²) in [6.45, 7) is 5.27. The van der Waals surface area contributed by atoms with Crippen LogP contribution in [0.2, 0.25) is 5.15 Å². The fraction of sp³-hybridized carbons (Fsp3) is 0.750. The van der Waals surface area contributed by atoms with E-state index in [1.165, 1.54) is 38.5 Å². The third-order valence-electron chi connectivity index (χ3n) is 4.94. The lowest BCUT2D eigenvalue weighted by Gasteiger charge is -2.45. The Labute approximate surface area is 126 Å². The van der Waals surface area contributed by atoms with E-state index in [4.69, 9.17) is 16.6 Å². The summed E-state index contributed by atoms with van der Waals surface area (Å²) in [4.78, 5) is 11.7. The highest BCUT2D eigenvalue weighted by atomic mass is 35.5. The van der Waals surface area contributed by atoms with E-state index in [0.29, 0.717) is 11.2 Å². The summed E-state index contributed by atoms with van der Waals surface area (Å²) in [5.74, 6) is 2.82. The maximum atomic E-state index is 6.31. The van der Waals surface area contributed by atoms with Crippen molar-refractivity contribution in [3.8, 4) is 0 Å². The van der Waals surface area contributed by atoms with Crippen molar-refractivity contribution in [3.63, 3.8) is 0 Å². The summed E-state index contributed by atoms with van der Waals surface area (Å²) < 4.78 is 0. The second-order valence-corrected chi connectivity index (χ2v) is 6.54. The summed E-state index contributed by atoms with van der Waals surface area (Å²) in [5.41, 5.74) is 1.05. The van der Waals surface area contributed by atoms with E-state index in [9.17, 15) is 0 Å². The third kappa shape index (κ3) is 2.52. The quantitative estimate of drug-likeness (QED) is 0.767. The van der Waals surface area contributed by atoms with Gasteiger partial charge in [-0.1, -0.05) is 31.4 Å². The predicted octanol–water partition coefficient (Wildman–Crippen LogP) is 4.16. The highest BCUT2D eigenvalue weighted by Gasteiger charge is 2.34. The summed E-state index contributed by atoms with van der Waals surface area (Å²) in [6.07, 6.45) is 8.97. The van der Waals surface area contributed by atoms with Crippen molar-refractivity contribution < 1.29 is 0 Å². The largest absolute Gasteiger partial charge is 0.353 e. The Bertz CT molecular complexity index is 487. The van der Waals surface area contributed by atoms with Gasteiger partial charge in [0.05, 0.1) is 0 Å². The molecule has 1 saturated heterocycles. The zero-order valence-corrected chi connectivity index (χ0v) is 13.3. The number of nitrogens with zero attached hydrogens (tertiary/aromatic N) is 3. The number of fused-ring (bicyclic) bond motifs is 1. The van der Waals surface area contributed by atoms with Gasteiger partial charge in [0, 0.05) is 24.6 Å². The summed E-state index contributed by atoms with van der Waals surface area (Å²) >= 11 is 6.31. The lowest BCUT2D eigenvalue weighted by molar-refractivity contribution is 0.242. The minimum atomic E-state index is 0.629. The Morgan fingerprint density at radius 1 is 1.15 bits per heavy atom. The molecule has 0 spiro atoms. The van der Waals surface area contributed by atoms with Gasteiger partial charge in [-0.3, -0.25) is 0 Å². The maximum absolute atomic E-state index is 6.31. The first kappa shape index (κ1) is 14.1. The molecule has 3 nitrogen and oxygen atoms in total. The summed E-state index contributed by atoms with van der Waals surface area (Å²) in [7, 11) is 0. The molecular weight excluding hydrogens is 270 g/mol. The molecule has 2 atom stereocenters. The van der Waals surface area contributed by atoms with Gasteiger partial charge in [-0.15, -0.1) is 0 Å². The number of hydrogen-bond acceptors (Lipinski definition) is 3. The number of hydrogen-bond donors (Lipinski definition) is 0. The molecule has 1 aromatic rings. The molecule has 3 rings (SSSR count). The molecule has 0 bridgehead atoms. The molecule has 2 fully saturated rings. The van der Waals surface area contributed by atoms with E-state index in [1.807, 2.05) is 0 Å². The lowest BCUT2D eigenvalue weighted by Crippen LogP contribution is -2.47. The predicted molar refractivity (Wildman–Crippen MR) is 83.5 cm³/mol. The van der Waals surface area contributed by atoms with Crippen molar-refractivity contribution in [3.05, 3.63) is 16.5 Å². The van der Waals surface area contributed by atoms with Crippen LogP contribution < -0.4 is 4.90 Å².